The van der Waals surface area contributed by atoms with Crippen LogP contribution in [0.4, 0.5) is 0 Å². The maximum absolute atomic E-state index is 12.0. The van der Waals surface area contributed by atoms with Crippen molar-refractivity contribution in [3.05, 3.63) is 65.5 Å². The van der Waals surface area contributed by atoms with E-state index in [1.807, 2.05) is 56.4 Å². The first kappa shape index (κ1) is 20.4. The number of aromatic nitrogens is 2. The van der Waals surface area contributed by atoms with E-state index in [-0.39, 0.29) is 5.91 Å². The number of guanidine groups is 1. The van der Waals surface area contributed by atoms with Gasteiger partial charge in [-0.05, 0) is 36.8 Å². The van der Waals surface area contributed by atoms with Gasteiger partial charge in [-0.25, -0.2) is 9.98 Å². The second kappa shape index (κ2) is 9.23. The number of fused-ring (bicyclic) bond motifs is 1. The molecule has 0 radical (unpaired) electrons. The Kier molecular flexibility index (Phi) is 6.49. The Morgan fingerprint density at radius 3 is 2.48 bits per heavy atom. The number of aliphatic imine (C=N–C) groups is 1. The second-order valence-corrected chi connectivity index (χ2v) is 7.02. The SMILES string of the molecule is CCNC(=NCc1ccc(C(=O)N(C)C)cc1)NCc1nc2ccccc2n1C. The molecule has 0 saturated heterocycles. The number of amides is 1. The molecule has 1 aromatic heterocycles. The molecule has 0 saturated carbocycles. The van der Waals surface area contributed by atoms with Crippen LogP contribution < -0.4 is 10.6 Å². The number of benzene rings is 2. The molecule has 0 spiro atoms. The van der Waals surface area contributed by atoms with Crippen LogP contribution in [0.2, 0.25) is 0 Å². The summed E-state index contributed by atoms with van der Waals surface area (Å²) in [7, 11) is 5.52. The predicted molar refractivity (Wildman–Crippen MR) is 117 cm³/mol. The van der Waals surface area contributed by atoms with E-state index >= 15 is 0 Å². The van der Waals surface area contributed by atoms with Crippen molar-refractivity contribution < 1.29 is 4.79 Å². The van der Waals surface area contributed by atoms with Crippen LogP contribution in [-0.4, -0.2) is 47.0 Å². The van der Waals surface area contributed by atoms with Gasteiger partial charge in [0.05, 0.1) is 24.1 Å². The van der Waals surface area contributed by atoms with Gasteiger partial charge in [0.2, 0.25) is 0 Å². The van der Waals surface area contributed by atoms with E-state index in [0.717, 1.165) is 34.9 Å². The van der Waals surface area contributed by atoms with Crippen LogP contribution in [0, 0.1) is 0 Å². The molecule has 29 heavy (non-hydrogen) atoms. The third-order valence-electron chi connectivity index (χ3n) is 4.66. The zero-order valence-corrected chi connectivity index (χ0v) is 17.4. The molecule has 152 valence electrons. The van der Waals surface area contributed by atoms with Crippen LogP contribution >= 0.6 is 0 Å². The van der Waals surface area contributed by atoms with Gasteiger partial charge in [-0.3, -0.25) is 4.79 Å². The first-order valence-electron chi connectivity index (χ1n) is 9.72. The summed E-state index contributed by atoms with van der Waals surface area (Å²) >= 11 is 0. The Balaban J connectivity index is 1.66. The smallest absolute Gasteiger partial charge is 0.253 e. The van der Waals surface area contributed by atoms with Crippen LogP contribution in [0.15, 0.2) is 53.5 Å². The molecule has 3 aromatic rings. The lowest BCUT2D eigenvalue weighted by molar-refractivity contribution is 0.0827. The number of para-hydroxylation sites is 2. The number of hydrogen-bond acceptors (Lipinski definition) is 3. The van der Waals surface area contributed by atoms with Crippen molar-refractivity contribution in [1.29, 1.82) is 0 Å². The standard InChI is InChI=1S/C22H28N6O/c1-5-23-22(24-14-16-10-12-17(13-11-16)21(29)27(2)3)25-15-20-26-18-8-6-7-9-19(18)28(20)4/h6-13H,5,14-15H2,1-4H3,(H2,23,24,25). The van der Waals surface area contributed by atoms with E-state index in [1.165, 1.54) is 0 Å². The van der Waals surface area contributed by atoms with E-state index in [0.29, 0.717) is 18.7 Å². The first-order chi connectivity index (χ1) is 14.0. The summed E-state index contributed by atoms with van der Waals surface area (Å²) in [5.74, 6) is 1.67. The van der Waals surface area contributed by atoms with Gasteiger partial charge in [0, 0.05) is 33.3 Å². The Bertz CT molecular complexity index is 1000. The summed E-state index contributed by atoms with van der Waals surface area (Å²) in [6.45, 7) is 3.90. The van der Waals surface area contributed by atoms with Gasteiger partial charge in [-0.15, -0.1) is 0 Å². The monoisotopic (exact) mass is 392 g/mol. The van der Waals surface area contributed by atoms with Gasteiger partial charge in [0.15, 0.2) is 5.96 Å². The lowest BCUT2D eigenvalue weighted by atomic mass is 10.1. The lowest BCUT2D eigenvalue weighted by Crippen LogP contribution is -2.37. The molecule has 0 unspecified atom stereocenters. The van der Waals surface area contributed by atoms with Gasteiger partial charge in [0.25, 0.3) is 5.91 Å². The van der Waals surface area contributed by atoms with Crippen LogP contribution in [0.25, 0.3) is 11.0 Å². The van der Waals surface area contributed by atoms with Crippen molar-refractivity contribution in [3.63, 3.8) is 0 Å². The largest absolute Gasteiger partial charge is 0.357 e. The van der Waals surface area contributed by atoms with Crippen LogP contribution in [0.1, 0.15) is 28.7 Å². The van der Waals surface area contributed by atoms with Gasteiger partial charge < -0.3 is 20.1 Å². The van der Waals surface area contributed by atoms with Crippen molar-refractivity contribution >= 4 is 22.9 Å². The number of nitrogens with zero attached hydrogens (tertiary/aromatic N) is 4. The second-order valence-electron chi connectivity index (χ2n) is 7.02. The summed E-state index contributed by atoms with van der Waals surface area (Å²) in [6, 6.07) is 15.7. The summed E-state index contributed by atoms with van der Waals surface area (Å²) in [6.07, 6.45) is 0. The highest BCUT2D eigenvalue weighted by Crippen LogP contribution is 2.14. The Labute approximate surface area is 171 Å². The summed E-state index contributed by atoms with van der Waals surface area (Å²) in [5.41, 5.74) is 3.81. The molecule has 3 rings (SSSR count). The zero-order valence-electron chi connectivity index (χ0n) is 17.4. The third kappa shape index (κ3) is 4.93. The molecule has 0 aliphatic carbocycles. The number of carbonyl (C=O) groups is 1. The molecule has 2 N–H and O–H groups in total. The van der Waals surface area contributed by atoms with E-state index in [4.69, 9.17) is 0 Å². The summed E-state index contributed by atoms with van der Waals surface area (Å²) < 4.78 is 2.09. The molecular weight excluding hydrogens is 364 g/mol. The lowest BCUT2D eigenvalue weighted by Gasteiger charge is -2.12. The minimum atomic E-state index is -0.00230. The van der Waals surface area contributed by atoms with Gasteiger partial charge >= 0.3 is 0 Å². The van der Waals surface area contributed by atoms with Crippen molar-refractivity contribution in [2.24, 2.45) is 12.0 Å². The minimum absolute atomic E-state index is 0.00230. The number of carbonyl (C=O) groups excluding carboxylic acids is 1. The highest BCUT2D eigenvalue weighted by Gasteiger charge is 2.09. The fourth-order valence-corrected chi connectivity index (χ4v) is 3.04. The number of aryl methyl sites for hydroxylation is 1. The van der Waals surface area contributed by atoms with Gasteiger partial charge in [0.1, 0.15) is 5.82 Å². The molecule has 0 fully saturated rings. The molecule has 0 bridgehead atoms. The fourth-order valence-electron chi connectivity index (χ4n) is 3.04. The van der Waals surface area contributed by atoms with Crippen LogP contribution in [0.3, 0.4) is 0 Å². The number of hydrogen-bond donors (Lipinski definition) is 2. The molecular formula is C22H28N6O. The maximum atomic E-state index is 12.0. The average molecular weight is 393 g/mol. The van der Waals surface area contributed by atoms with Crippen molar-refractivity contribution in [2.45, 2.75) is 20.0 Å². The molecule has 1 heterocycles. The summed E-state index contributed by atoms with van der Waals surface area (Å²) in [5, 5.41) is 6.61. The van der Waals surface area contributed by atoms with Gasteiger partial charge in [-0.2, -0.15) is 0 Å². The minimum Gasteiger partial charge on any atom is -0.357 e. The topological polar surface area (TPSA) is 74.6 Å². The van der Waals surface area contributed by atoms with Crippen molar-refractivity contribution in [1.82, 2.24) is 25.1 Å². The van der Waals surface area contributed by atoms with Crippen molar-refractivity contribution in [2.75, 3.05) is 20.6 Å². The first-order valence-corrected chi connectivity index (χ1v) is 9.72. The van der Waals surface area contributed by atoms with E-state index < -0.39 is 0 Å². The Morgan fingerprint density at radius 2 is 1.83 bits per heavy atom. The quantitative estimate of drug-likeness (QED) is 0.499. The molecule has 0 aliphatic rings. The number of nitrogens with one attached hydrogen (secondary N) is 2. The fraction of sp³-hybridized carbons (Fsp3) is 0.318. The predicted octanol–water partition coefficient (Wildman–Crippen LogP) is 2.53. The van der Waals surface area contributed by atoms with Crippen LogP contribution in [-0.2, 0) is 20.1 Å². The Morgan fingerprint density at radius 1 is 1.10 bits per heavy atom. The highest BCUT2D eigenvalue weighted by molar-refractivity contribution is 5.93. The van der Waals surface area contributed by atoms with Crippen molar-refractivity contribution in [3.8, 4) is 0 Å². The van der Waals surface area contributed by atoms with Crippen LogP contribution in [0.5, 0.6) is 0 Å². The average Bonchev–Trinajstić information content (AvgIpc) is 3.05. The molecule has 0 aliphatic heterocycles. The van der Waals surface area contributed by atoms with E-state index in [9.17, 15) is 4.79 Å². The zero-order chi connectivity index (χ0) is 20.8. The van der Waals surface area contributed by atoms with E-state index in [2.05, 4.69) is 31.2 Å². The number of rotatable bonds is 6. The third-order valence-corrected chi connectivity index (χ3v) is 4.66. The van der Waals surface area contributed by atoms with E-state index in [1.54, 1.807) is 19.0 Å². The molecule has 7 nitrogen and oxygen atoms in total. The molecule has 7 heteroatoms. The molecule has 1 amide bonds. The Hall–Kier alpha value is -3.35. The summed E-state index contributed by atoms with van der Waals surface area (Å²) in [4.78, 5) is 22.9. The number of imidazole rings is 1. The molecule has 2 aromatic carbocycles. The normalized spacial score (nSPS) is 11.5. The maximum Gasteiger partial charge on any atom is 0.253 e. The highest BCUT2D eigenvalue weighted by atomic mass is 16.2. The van der Waals surface area contributed by atoms with Gasteiger partial charge in [-0.1, -0.05) is 24.3 Å². The molecule has 0 atom stereocenters.